The van der Waals surface area contributed by atoms with Crippen molar-refractivity contribution in [2.75, 3.05) is 6.54 Å². The van der Waals surface area contributed by atoms with E-state index in [1.165, 1.54) is 0 Å². The number of aliphatic carboxylic acids is 1. The third-order valence-electron chi connectivity index (χ3n) is 3.19. The molecule has 0 aliphatic heterocycles. The summed E-state index contributed by atoms with van der Waals surface area (Å²) in [6.07, 6.45) is 6.26. The minimum atomic E-state index is -0.627. The molecule has 0 aromatic heterocycles. The fourth-order valence-corrected chi connectivity index (χ4v) is 2.28. The van der Waals surface area contributed by atoms with E-state index in [0.717, 1.165) is 44.9 Å². The lowest BCUT2D eigenvalue weighted by atomic mass is 9.81. The molecule has 1 rings (SSSR count). The van der Waals surface area contributed by atoms with Crippen molar-refractivity contribution >= 4 is 5.97 Å². The van der Waals surface area contributed by atoms with Gasteiger partial charge in [-0.3, -0.25) is 4.79 Å². The van der Waals surface area contributed by atoms with Crippen molar-refractivity contribution in [1.82, 2.24) is 0 Å². The zero-order valence-corrected chi connectivity index (χ0v) is 8.46. The summed E-state index contributed by atoms with van der Waals surface area (Å²) in [6.45, 7) is 7.17. The summed E-state index contributed by atoms with van der Waals surface area (Å²) in [4.78, 5) is 14.4. The van der Waals surface area contributed by atoms with E-state index in [1.54, 1.807) is 0 Å². The maximum atomic E-state index is 11.1. The van der Waals surface area contributed by atoms with Gasteiger partial charge >= 0.3 is 5.97 Å². The largest absolute Gasteiger partial charge is 0.481 e. The first-order valence-corrected chi connectivity index (χ1v) is 5.28. The van der Waals surface area contributed by atoms with E-state index < -0.39 is 11.4 Å². The van der Waals surface area contributed by atoms with Crippen LogP contribution >= 0.6 is 0 Å². The van der Waals surface area contributed by atoms with Crippen molar-refractivity contribution < 1.29 is 9.90 Å². The van der Waals surface area contributed by atoms with Crippen LogP contribution in [0.1, 0.15) is 44.9 Å². The van der Waals surface area contributed by atoms with Crippen molar-refractivity contribution in [3.63, 3.8) is 0 Å². The molecule has 0 unspecified atom stereocenters. The Morgan fingerprint density at radius 2 is 2.00 bits per heavy atom. The van der Waals surface area contributed by atoms with Crippen LogP contribution in [0.4, 0.5) is 0 Å². The average molecular weight is 195 g/mol. The number of hydrogen-bond acceptors (Lipinski definition) is 1. The van der Waals surface area contributed by atoms with Crippen LogP contribution in [0.2, 0.25) is 0 Å². The highest BCUT2D eigenvalue weighted by Crippen LogP contribution is 2.42. The molecule has 1 N–H and O–H groups in total. The smallest absolute Gasteiger partial charge is 0.309 e. The van der Waals surface area contributed by atoms with Crippen LogP contribution in [0.15, 0.2) is 0 Å². The van der Waals surface area contributed by atoms with Crippen LogP contribution in [0.5, 0.6) is 0 Å². The molecule has 1 aliphatic carbocycles. The second-order valence-corrected chi connectivity index (χ2v) is 4.13. The van der Waals surface area contributed by atoms with E-state index in [9.17, 15) is 4.79 Å². The third kappa shape index (κ3) is 2.47. The molecule has 3 heteroatoms. The monoisotopic (exact) mass is 195 g/mol. The number of carbonyl (C=O) groups is 1. The Labute approximate surface area is 84.9 Å². The summed E-state index contributed by atoms with van der Waals surface area (Å²) in [5.41, 5.74) is -0.442. The zero-order chi connectivity index (χ0) is 10.4. The van der Waals surface area contributed by atoms with E-state index in [0.29, 0.717) is 6.54 Å². The Morgan fingerprint density at radius 1 is 1.36 bits per heavy atom. The molecule has 0 amide bonds. The van der Waals surface area contributed by atoms with Crippen LogP contribution in [-0.2, 0) is 4.79 Å². The molecule has 1 fully saturated rings. The van der Waals surface area contributed by atoms with Gasteiger partial charge in [0.05, 0.1) is 5.41 Å². The molecule has 3 nitrogen and oxygen atoms in total. The van der Waals surface area contributed by atoms with Crippen molar-refractivity contribution in [3.05, 3.63) is 11.4 Å². The summed E-state index contributed by atoms with van der Waals surface area (Å²) >= 11 is 0. The summed E-state index contributed by atoms with van der Waals surface area (Å²) in [6, 6.07) is 0. The quantitative estimate of drug-likeness (QED) is 0.541. The lowest BCUT2D eigenvalue weighted by Gasteiger charge is -2.22. The van der Waals surface area contributed by atoms with Crippen molar-refractivity contribution in [2.45, 2.75) is 44.9 Å². The maximum Gasteiger partial charge on any atom is 0.309 e. The fourth-order valence-electron chi connectivity index (χ4n) is 2.28. The molecule has 14 heavy (non-hydrogen) atoms. The molecule has 0 heterocycles. The van der Waals surface area contributed by atoms with Crippen LogP contribution < -0.4 is 0 Å². The molecule has 1 saturated carbocycles. The molecule has 0 spiro atoms. The van der Waals surface area contributed by atoms with Crippen LogP contribution in [-0.4, -0.2) is 17.6 Å². The van der Waals surface area contributed by atoms with Crippen molar-refractivity contribution in [3.8, 4) is 0 Å². The maximum absolute atomic E-state index is 11.1. The number of nitrogens with zero attached hydrogens (tertiary/aromatic N) is 1. The highest BCUT2D eigenvalue weighted by Gasteiger charge is 2.40. The van der Waals surface area contributed by atoms with Crippen LogP contribution in [0, 0.1) is 12.0 Å². The van der Waals surface area contributed by atoms with E-state index >= 15 is 0 Å². The summed E-state index contributed by atoms with van der Waals surface area (Å²) in [5, 5.41) is 9.16. The van der Waals surface area contributed by atoms with Gasteiger partial charge in [0, 0.05) is 6.42 Å². The first-order valence-electron chi connectivity index (χ1n) is 5.28. The predicted octanol–water partition coefficient (Wildman–Crippen LogP) is 2.72. The standard InChI is InChI=1S/C11H17NO2/c1-12-9-5-4-8-11(10(13)14)6-2-3-7-11/h2-9H2,(H,13,14). The number of rotatable bonds is 5. The molecule has 0 saturated heterocycles. The summed E-state index contributed by atoms with van der Waals surface area (Å²) < 4.78 is 0. The van der Waals surface area contributed by atoms with Crippen molar-refractivity contribution in [1.29, 1.82) is 0 Å². The minimum Gasteiger partial charge on any atom is -0.481 e. The highest BCUT2D eigenvalue weighted by molar-refractivity contribution is 5.74. The van der Waals surface area contributed by atoms with Gasteiger partial charge in [-0.05, 0) is 25.7 Å². The molecule has 0 aromatic carbocycles. The van der Waals surface area contributed by atoms with E-state index in [4.69, 9.17) is 11.7 Å². The third-order valence-corrected chi connectivity index (χ3v) is 3.19. The number of carboxylic acid groups (broad SMARTS) is 1. The van der Waals surface area contributed by atoms with E-state index in [2.05, 4.69) is 4.85 Å². The Bertz CT molecular complexity index is 236. The number of carboxylic acids is 1. The average Bonchev–Trinajstić information content (AvgIpc) is 2.62. The number of hydrogen-bond donors (Lipinski definition) is 1. The second-order valence-electron chi connectivity index (χ2n) is 4.13. The molecule has 78 valence electrons. The van der Waals surface area contributed by atoms with Gasteiger partial charge in [-0.1, -0.05) is 12.8 Å². The molecule has 0 radical (unpaired) electrons. The Balaban J connectivity index is 2.37. The zero-order valence-electron chi connectivity index (χ0n) is 8.46. The van der Waals surface area contributed by atoms with Gasteiger partial charge in [0.1, 0.15) is 0 Å². The first-order chi connectivity index (χ1) is 6.71. The normalized spacial score (nSPS) is 19.1. The second kappa shape index (κ2) is 4.99. The van der Waals surface area contributed by atoms with Crippen molar-refractivity contribution in [2.24, 2.45) is 5.41 Å². The highest BCUT2D eigenvalue weighted by atomic mass is 16.4. The minimum absolute atomic E-state index is 0.442. The predicted molar refractivity (Wildman–Crippen MR) is 53.9 cm³/mol. The lowest BCUT2D eigenvalue weighted by molar-refractivity contribution is -0.149. The van der Waals surface area contributed by atoms with E-state index in [-0.39, 0.29) is 0 Å². The van der Waals surface area contributed by atoms with Gasteiger partial charge in [-0.25, -0.2) is 6.57 Å². The molecular weight excluding hydrogens is 178 g/mol. The van der Waals surface area contributed by atoms with Gasteiger partial charge in [-0.2, -0.15) is 0 Å². The van der Waals surface area contributed by atoms with Gasteiger partial charge in [0.25, 0.3) is 0 Å². The molecule has 0 atom stereocenters. The van der Waals surface area contributed by atoms with Crippen LogP contribution in [0.25, 0.3) is 4.85 Å². The van der Waals surface area contributed by atoms with Gasteiger partial charge in [-0.15, -0.1) is 0 Å². The first kappa shape index (κ1) is 11.0. The Kier molecular flexibility index (Phi) is 3.94. The molecular formula is C11H17NO2. The summed E-state index contributed by atoms with van der Waals surface area (Å²) in [5.74, 6) is -0.627. The van der Waals surface area contributed by atoms with Gasteiger partial charge < -0.3 is 9.95 Å². The lowest BCUT2D eigenvalue weighted by Crippen LogP contribution is -2.27. The fraction of sp³-hybridized carbons (Fsp3) is 0.818. The van der Waals surface area contributed by atoms with E-state index in [1.807, 2.05) is 0 Å². The topological polar surface area (TPSA) is 41.7 Å². The SMILES string of the molecule is [C-]#[N+]CCCCC1(C(=O)O)CCCC1. The Morgan fingerprint density at radius 3 is 2.50 bits per heavy atom. The Hall–Kier alpha value is -1.04. The number of unbranched alkanes of at least 4 members (excludes halogenated alkanes) is 1. The molecule has 1 aliphatic rings. The van der Waals surface area contributed by atoms with Gasteiger partial charge in [0.15, 0.2) is 0 Å². The summed E-state index contributed by atoms with van der Waals surface area (Å²) in [7, 11) is 0. The van der Waals surface area contributed by atoms with Crippen LogP contribution in [0.3, 0.4) is 0 Å². The van der Waals surface area contributed by atoms with Gasteiger partial charge in [0.2, 0.25) is 6.54 Å². The molecule has 0 bridgehead atoms. The molecule has 0 aromatic rings.